The molecule has 1 amide bonds. The molecule has 0 bridgehead atoms. The van der Waals surface area contributed by atoms with E-state index in [1.807, 2.05) is 19.1 Å². The van der Waals surface area contributed by atoms with Gasteiger partial charge in [0.2, 0.25) is 0 Å². The van der Waals surface area contributed by atoms with Crippen molar-refractivity contribution in [2.45, 2.75) is 19.8 Å². The van der Waals surface area contributed by atoms with E-state index in [4.69, 9.17) is 4.74 Å². The molecular weight excluding hydrogens is 282 g/mol. The van der Waals surface area contributed by atoms with Crippen molar-refractivity contribution in [1.29, 1.82) is 0 Å². The third-order valence-corrected chi connectivity index (χ3v) is 2.76. The van der Waals surface area contributed by atoms with Gasteiger partial charge in [-0.25, -0.2) is 0 Å². The Morgan fingerprint density at radius 3 is 2.65 bits per heavy atom. The Morgan fingerprint density at radius 1 is 1.35 bits per heavy atom. The third kappa shape index (κ3) is 5.22. The first-order chi connectivity index (χ1) is 8.27. The van der Waals surface area contributed by atoms with Crippen LogP contribution in [0.1, 0.15) is 30.1 Å². The van der Waals surface area contributed by atoms with E-state index in [0.29, 0.717) is 18.7 Å². The SMILES string of the molecule is CCCNC(=O)c1ccc(OCCCBr)cc1. The zero-order chi connectivity index (χ0) is 12.5. The molecule has 0 aliphatic rings. The van der Waals surface area contributed by atoms with Crippen molar-refractivity contribution < 1.29 is 9.53 Å². The minimum Gasteiger partial charge on any atom is -0.494 e. The molecule has 0 saturated carbocycles. The molecule has 0 fully saturated rings. The second kappa shape index (κ2) is 8.12. The average Bonchev–Trinajstić information content (AvgIpc) is 2.37. The Morgan fingerprint density at radius 2 is 2.06 bits per heavy atom. The third-order valence-electron chi connectivity index (χ3n) is 2.20. The van der Waals surface area contributed by atoms with Crippen molar-refractivity contribution in [3.63, 3.8) is 0 Å². The summed E-state index contributed by atoms with van der Waals surface area (Å²) in [5.74, 6) is 0.775. The molecule has 1 rings (SSSR count). The summed E-state index contributed by atoms with van der Waals surface area (Å²) in [7, 11) is 0. The van der Waals surface area contributed by atoms with Gasteiger partial charge in [-0.3, -0.25) is 4.79 Å². The van der Waals surface area contributed by atoms with E-state index in [1.54, 1.807) is 12.1 Å². The number of carbonyl (C=O) groups excluding carboxylic acids is 1. The molecule has 4 heteroatoms. The van der Waals surface area contributed by atoms with Crippen LogP contribution in [0, 0.1) is 0 Å². The normalized spacial score (nSPS) is 10.0. The largest absolute Gasteiger partial charge is 0.494 e. The summed E-state index contributed by atoms with van der Waals surface area (Å²) in [6.07, 6.45) is 1.91. The first kappa shape index (κ1) is 14.0. The summed E-state index contributed by atoms with van der Waals surface area (Å²) in [6.45, 7) is 3.43. The van der Waals surface area contributed by atoms with Gasteiger partial charge in [-0.1, -0.05) is 22.9 Å². The van der Waals surface area contributed by atoms with Gasteiger partial charge in [-0.05, 0) is 37.1 Å². The molecule has 0 spiro atoms. The van der Waals surface area contributed by atoms with E-state index < -0.39 is 0 Å². The van der Waals surface area contributed by atoms with Crippen molar-refractivity contribution in [2.75, 3.05) is 18.5 Å². The van der Waals surface area contributed by atoms with Crippen molar-refractivity contribution >= 4 is 21.8 Å². The Balaban J connectivity index is 2.46. The van der Waals surface area contributed by atoms with Gasteiger partial charge in [0.05, 0.1) is 6.61 Å². The van der Waals surface area contributed by atoms with Gasteiger partial charge in [-0.2, -0.15) is 0 Å². The van der Waals surface area contributed by atoms with E-state index in [9.17, 15) is 4.79 Å². The minimum absolute atomic E-state index is 0.0288. The van der Waals surface area contributed by atoms with E-state index in [-0.39, 0.29) is 5.91 Å². The van der Waals surface area contributed by atoms with Crippen LogP contribution in [0.3, 0.4) is 0 Å². The highest BCUT2D eigenvalue weighted by Crippen LogP contribution is 2.12. The predicted molar refractivity (Wildman–Crippen MR) is 73.0 cm³/mol. The molecule has 0 saturated heterocycles. The number of hydrogen-bond donors (Lipinski definition) is 1. The van der Waals surface area contributed by atoms with Crippen LogP contribution >= 0.6 is 15.9 Å². The minimum atomic E-state index is -0.0288. The predicted octanol–water partition coefficient (Wildman–Crippen LogP) is 2.99. The Bertz CT molecular complexity index is 338. The lowest BCUT2D eigenvalue weighted by Gasteiger charge is -2.06. The molecule has 3 nitrogen and oxygen atoms in total. The number of halogens is 1. The van der Waals surface area contributed by atoms with Crippen LogP contribution in [-0.2, 0) is 0 Å². The summed E-state index contributed by atoms with van der Waals surface area (Å²) in [5.41, 5.74) is 0.672. The van der Waals surface area contributed by atoms with Crippen molar-refractivity contribution in [3.05, 3.63) is 29.8 Å². The van der Waals surface area contributed by atoms with Crippen LogP contribution in [0.4, 0.5) is 0 Å². The van der Waals surface area contributed by atoms with Crippen LogP contribution < -0.4 is 10.1 Å². The lowest BCUT2D eigenvalue weighted by Crippen LogP contribution is -2.23. The Labute approximate surface area is 111 Å². The molecule has 0 unspecified atom stereocenters. The number of benzene rings is 1. The fourth-order valence-corrected chi connectivity index (χ4v) is 1.52. The monoisotopic (exact) mass is 299 g/mol. The van der Waals surface area contributed by atoms with E-state index in [2.05, 4.69) is 21.2 Å². The quantitative estimate of drug-likeness (QED) is 0.621. The van der Waals surface area contributed by atoms with Crippen LogP contribution in [0.25, 0.3) is 0 Å². The maximum Gasteiger partial charge on any atom is 0.251 e. The molecule has 1 N–H and O–H groups in total. The van der Waals surface area contributed by atoms with E-state index in [0.717, 1.165) is 23.9 Å². The van der Waals surface area contributed by atoms with Gasteiger partial charge in [-0.15, -0.1) is 0 Å². The van der Waals surface area contributed by atoms with Crippen LogP contribution in [-0.4, -0.2) is 24.4 Å². The number of ether oxygens (including phenoxy) is 1. The molecule has 17 heavy (non-hydrogen) atoms. The van der Waals surface area contributed by atoms with Gasteiger partial charge in [0, 0.05) is 17.4 Å². The average molecular weight is 300 g/mol. The van der Waals surface area contributed by atoms with Crippen LogP contribution in [0.2, 0.25) is 0 Å². The highest BCUT2D eigenvalue weighted by molar-refractivity contribution is 9.09. The number of carbonyl (C=O) groups is 1. The molecule has 0 heterocycles. The van der Waals surface area contributed by atoms with Gasteiger partial charge >= 0.3 is 0 Å². The first-order valence-corrected chi connectivity index (χ1v) is 6.97. The molecule has 0 aromatic heterocycles. The lowest BCUT2D eigenvalue weighted by atomic mass is 10.2. The van der Waals surface area contributed by atoms with Gasteiger partial charge in [0.25, 0.3) is 5.91 Å². The molecular formula is C13H18BrNO2. The molecule has 0 radical (unpaired) electrons. The first-order valence-electron chi connectivity index (χ1n) is 5.85. The van der Waals surface area contributed by atoms with Gasteiger partial charge < -0.3 is 10.1 Å². The van der Waals surface area contributed by atoms with Gasteiger partial charge in [0.1, 0.15) is 5.75 Å². The van der Waals surface area contributed by atoms with Crippen molar-refractivity contribution in [3.8, 4) is 5.75 Å². The summed E-state index contributed by atoms with van der Waals surface area (Å²) >= 11 is 3.34. The number of hydrogen-bond acceptors (Lipinski definition) is 2. The van der Waals surface area contributed by atoms with Crippen LogP contribution in [0.5, 0.6) is 5.75 Å². The zero-order valence-electron chi connectivity index (χ0n) is 10.0. The van der Waals surface area contributed by atoms with Gasteiger partial charge in [0.15, 0.2) is 0 Å². The zero-order valence-corrected chi connectivity index (χ0v) is 11.6. The lowest BCUT2D eigenvalue weighted by molar-refractivity contribution is 0.0953. The maximum atomic E-state index is 11.6. The number of rotatable bonds is 7. The molecule has 0 atom stereocenters. The van der Waals surface area contributed by atoms with E-state index in [1.165, 1.54) is 0 Å². The Hall–Kier alpha value is -1.03. The number of nitrogens with one attached hydrogen (secondary N) is 1. The molecule has 0 aliphatic carbocycles. The standard InChI is InChI=1S/C13H18BrNO2/c1-2-9-15-13(16)11-4-6-12(7-5-11)17-10-3-8-14/h4-7H,2-3,8-10H2,1H3,(H,15,16). The summed E-state index contributed by atoms with van der Waals surface area (Å²) in [5, 5.41) is 3.77. The number of amides is 1. The van der Waals surface area contributed by atoms with Crippen molar-refractivity contribution in [1.82, 2.24) is 5.32 Å². The topological polar surface area (TPSA) is 38.3 Å². The maximum absolute atomic E-state index is 11.6. The van der Waals surface area contributed by atoms with Crippen LogP contribution in [0.15, 0.2) is 24.3 Å². The molecule has 1 aromatic carbocycles. The fraction of sp³-hybridized carbons (Fsp3) is 0.462. The second-order valence-corrected chi connectivity index (χ2v) is 4.46. The highest BCUT2D eigenvalue weighted by Gasteiger charge is 2.03. The summed E-state index contributed by atoms with van der Waals surface area (Å²) in [6, 6.07) is 7.23. The number of alkyl halides is 1. The summed E-state index contributed by atoms with van der Waals surface area (Å²) in [4.78, 5) is 11.6. The fourth-order valence-electron chi connectivity index (χ4n) is 1.29. The molecule has 1 aromatic rings. The molecule has 0 aliphatic heterocycles. The van der Waals surface area contributed by atoms with E-state index >= 15 is 0 Å². The molecule has 94 valence electrons. The van der Waals surface area contributed by atoms with Crippen molar-refractivity contribution in [2.24, 2.45) is 0 Å². The Kier molecular flexibility index (Phi) is 6.70. The highest BCUT2D eigenvalue weighted by atomic mass is 79.9. The smallest absolute Gasteiger partial charge is 0.251 e. The second-order valence-electron chi connectivity index (χ2n) is 3.67. The summed E-state index contributed by atoms with van der Waals surface area (Å²) < 4.78 is 5.50.